The summed E-state index contributed by atoms with van der Waals surface area (Å²) in [7, 11) is 0. The molecule has 14 heavy (non-hydrogen) atoms. The molecule has 0 saturated carbocycles. The summed E-state index contributed by atoms with van der Waals surface area (Å²) in [4.78, 5) is 1.59. The van der Waals surface area contributed by atoms with E-state index in [4.69, 9.17) is 5.73 Å². The van der Waals surface area contributed by atoms with Crippen LogP contribution < -0.4 is 5.73 Å². The van der Waals surface area contributed by atoms with Crippen LogP contribution in [0.5, 0.6) is 0 Å². The Morgan fingerprint density at radius 3 is 2.43 bits per heavy atom. The first-order valence-corrected chi connectivity index (χ1v) is 4.51. The molecule has 0 radical (unpaired) electrons. The average molecular weight is 188 g/mol. The Labute approximate surface area is 82.4 Å². The number of rotatable bonds is 3. The number of aromatic nitrogens is 3. The molecule has 0 aliphatic carbocycles. The van der Waals surface area contributed by atoms with Crippen LogP contribution in [-0.2, 0) is 6.54 Å². The third-order valence-electron chi connectivity index (χ3n) is 2.05. The predicted molar refractivity (Wildman–Crippen MR) is 53.4 cm³/mol. The first-order chi connectivity index (χ1) is 6.86. The molecular formula is C10H12N4. The van der Waals surface area contributed by atoms with E-state index in [0.29, 0.717) is 6.54 Å². The van der Waals surface area contributed by atoms with Crippen molar-refractivity contribution < 1.29 is 0 Å². The molecule has 1 aromatic carbocycles. The fourth-order valence-corrected chi connectivity index (χ4v) is 1.32. The summed E-state index contributed by atoms with van der Waals surface area (Å²) < 4.78 is 0. The summed E-state index contributed by atoms with van der Waals surface area (Å²) in [5.74, 6) is 0. The standard InChI is InChI=1S/C10H12N4/c11-10(8-14-12-6-7-13-14)9-4-2-1-3-5-9/h1-7,10H,8,11H2/t10-/m0/s1. The number of hydrogen-bond donors (Lipinski definition) is 1. The number of benzene rings is 1. The molecule has 72 valence electrons. The Morgan fingerprint density at radius 2 is 1.79 bits per heavy atom. The summed E-state index contributed by atoms with van der Waals surface area (Å²) >= 11 is 0. The summed E-state index contributed by atoms with van der Waals surface area (Å²) in [5, 5.41) is 8.01. The normalized spacial score (nSPS) is 12.6. The first kappa shape index (κ1) is 8.90. The van der Waals surface area contributed by atoms with E-state index in [1.54, 1.807) is 17.2 Å². The van der Waals surface area contributed by atoms with Gasteiger partial charge < -0.3 is 5.73 Å². The van der Waals surface area contributed by atoms with Crippen LogP contribution in [0, 0.1) is 0 Å². The lowest BCUT2D eigenvalue weighted by molar-refractivity contribution is 0.473. The Hall–Kier alpha value is -1.68. The fraction of sp³-hybridized carbons (Fsp3) is 0.200. The fourth-order valence-electron chi connectivity index (χ4n) is 1.32. The number of hydrogen-bond acceptors (Lipinski definition) is 3. The zero-order valence-electron chi connectivity index (χ0n) is 7.74. The van der Waals surface area contributed by atoms with Gasteiger partial charge in [0, 0.05) is 0 Å². The van der Waals surface area contributed by atoms with Gasteiger partial charge in [0.05, 0.1) is 25.0 Å². The topological polar surface area (TPSA) is 56.7 Å². The predicted octanol–water partition coefficient (Wildman–Crippen LogP) is 0.978. The van der Waals surface area contributed by atoms with Gasteiger partial charge in [-0.15, -0.1) is 0 Å². The molecule has 0 amide bonds. The van der Waals surface area contributed by atoms with Gasteiger partial charge in [-0.2, -0.15) is 15.0 Å². The second-order valence-corrected chi connectivity index (χ2v) is 3.10. The molecule has 2 aromatic rings. The van der Waals surface area contributed by atoms with Crippen molar-refractivity contribution in [3.63, 3.8) is 0 Å². The molecule has 0 fully saturated rings. The Balaban J connectivity index is 2.07. The van der Waals surface area contributed by atoms with Crippen molar-refractivity contribution in [3.8, 4) is 0 Å². The molecule has 0 aliphatic rings. The molecule has 1 atom stereocenters. The molecule has 0 aliphatic heterocycles. The molecule has 1 heterocycles. The molecule has 0 spiro atoms. The van der Waals surface area contributed by atoms with E-state index in [0.717, 1.165) is 5.56 Å². The van der Waals surface area contributed by atoms with E-state index in [1.165, 1.54) is 0 Å². The van der Waals surface area contributed by atoms with E-state index in [-0.39, 0.29) is 6.04 Å². The lowest BCUT2D eigenvalue weighted by Crippen LogP contribution is -2.19. The van der Waals surface area contributed by atoms with Gasteiger partial charge in [0.1, 0.15) is 0 Å². The minimum absolute atomic E-state index is 0.0522. The van der Waals surface area contributed by atoms with Crippen LogP contribution in [0.2, 0.25) is 0 Å². The quantitative estimate of drug-likeness (QED) is 0.781. The molecule has 0 bridgehead atoms. The molecule has 4 heteroatoms. The molecule has 4 nitrogen and oxygen atoms in total. The third kappa shape index (κ3) is 1.97. The van der Waals surface area contributed by atoms with Gasteiger partial charge in [0.15, 0.2) is 0 Å². The minimum atomic E-state index is -0.0522. The zero-order chi connectivity index (χ0) is 9.80. The molecule has 1 aromatic heterocycles. The average Bonchev–Trinajstić information content (AvgIpc) is 2.72. The van der Waals surface area contributed by atoms with Crippen LogP contribution >= 0.6 is 0 Å². The highest BCUT2D eigenvalue weighted by Crippen LogP contribution is 2.10. The van der Waals surface area contributed by atoms with E-state index in [2.05, 4.69) is 10.2 Å². The highest BCUT2D eigenvalue weighted by atomic mass is 15.5. The summed E-state index contributed by atoms with van der Waals surface area (Å²) in [6, 6.07) is 9.89. The SMILES string of the molecule is N[C@@H](Cn1nccn1)c1ccccc1. The van der Waals surface area contributed by atoms with E-state index in [1.807, 2.05) is 30.3 Å². The first-order valence-electron chi connectivity index (χ1n) is 4.51. The van der Waals surface area contributed by atoms with Gasteiger partial charge in [0.25, 0.3) is 0 Å². The van der Waals surface area contributed by atoms with Crippen LogP contribution in [0.3, 0.4) is 0 Å². The second-order valence-electron chi connectivity index (χ2n) is 3.10. The van der Waals surface area contributed by atoms with E-state index >= 15 is 0 Å². The third-order valence-corrected chi connectivity index (χ3v) is 2.05. The highest BCUT2D eigenvalue weighted by molar-refractivity contribution is 5.17. The van der Waals surface area contributed by atoms with Crippen molar-refractivity contribution in [2.24, 2.45) is 5.73 Å². The Morgan fingerprint density at radius 1 is 1.14 bits per heavy atom. The highest BCUT2D eigenvalue weighted by Gasteiger charge is 2.06. The van der Waals surface area contributed by atoms with Crippen molar-refractivity contribution >= 4 is 0 Å². The van der Waals surface area contributed by atoms with Crippen LogP contribution in [0.25, 0.3) is 0 Å². The maximum atomic E-state index is 5.99. The number of nitrogens with two attached hydrogens (primary N) is 1. The van der Waals surface area contributed by atoms with Crippen LogP contribution in [0.4, 0.5) is 0 Å². The van der Waals surface area contributed by atoms with E-state index < -0.39 is 0 Å². The van der Waals surface area contributed by atoms with Crippen molar-refractivity contribution in [3.05, 3.63) is 48.3 Å². The lowest BCUT2D eigenvalue weighted by atomic mass is 10.1. The van der Waals surface area contributed by atoms with Crippen molar-refractivity contribution in [1.82, 2.24) is 15.0 Å². The Bertz CT molecular complexity index is 368. The van der Waals surface area contributed by atoms with Crippen molar-refractivity contribution in [1.29, 1.82) is 0 Å². The maximum Gasteiger partial charge on any atom is 0.0800 e. The van der Waals surface area contributed by atoms with Gasteiger partial charge >= 0.3 is 0 Å². The number of nitrogens with zero attached hydrogens (tertiary/aromatic N) is 3. The molecular weight excluding hydrogens is 176 g/mol. The molecule has 0 unspecified atom stereocenters. The monoisotopic (exact) mass is 188 g/mol. The Kier molecular flexibility index (Phi) is 2.55. The van der Waals surface area contributed by atoms with E-state index in [9.17, 15) is 0 Å². The lowest BCUT2D eigenvalue weighted by Gasteiger charge is -2.10. The zero-order valence-corrected chi connectivity index (χ0v) is 7.74. The second kappa shape index (κ2) is 4.02. The molecule has 2 N–H and O–H groups in total. The summed E-state index contributed by atoms with van der Waals surface area (Å²) in [5.41, 5.74) is 7.09. The van der Waals surface area contributed by atoms with Crippen LogP contribution in [0.1, 0.15) is 11.6 Å². The summed E-state index contributed by atoms with van der Waals surface area (Å²) in [6.07, 6.45) is 3.30. The van der Waals surface area contributed by atoms with Crippen LogP contribution in [0.15, 0.2) is 42.7 Å². The molecule has 2 rings (SSSR count). The minimum Gasteiger partial charge on any atom is -0.322 e. The smallest absolute Gasteiger partial charge is 0.0800 e. The largest absolute Gasteiger partial charge is 0.322 e. The van der Waals surface area contributed by atoms with Crippen molar-refractivity contribution in [2.45, 2.75) is 12.6 Å². The molecule has 0 saturated heterocycles. The maximum absolute atomic E-state index is 5.99. The summed E-state index contributed by atoms with van der Waals surface area (Å²) in [6.45, 7) is 0.608. The van der Waals surface area contributed by atoms with Crippen LogP contribution in [-0.4, -0.2) is 15.0 Å². The van der Waals surface area contributed by atoms with Gasteiger partial charge in [0.2, 0.25) is 0 Å². The van der Waals surface area contributed by atoms with Gasteiger partial charge in [-0.25, -0.2) is 0 Å². The van der Waals surface area contributed by atoms with Crippen molar-refractivity contribution in [2.75, 3.05) is 0 Å². The van der Waals surface area contributed by atoms with Gasteiger partial charge in [-0.3, -0.25) is 0 Å². The van der Waals surface area contributed by atoms with Gasteiger partial charge in [-0.1, -0.05) is 30.3 Å². The van der Waals surface area contributed by atoms with Gasteiger partial charge in [-0.05, 0) is 5.56 Å².